The molecule has 1 fully saturated rings. The van der Waals surface area contributed by atoms with Gasteiger partial charge in [0.2, 0.25) is 0 Å². The summed E-state index contributed by atoms with van der Waals surface area (Å²) in [6, 6.07) is 12.0. The topological polar surface area (TPSA) is 9.23 Å². The normalized spacial score (nSPS) is 11.7. The Kier molecular flexibility index (Phi) is 28.2. The standard InChI is InChI=1S/C6H6.C5H10.C4H8O.CH3.Pt/c1-2-4-6-5-3-1;1-3-5-4-2;1-2-4-5-3-1;;/h1-6H;1-5H2;1-4H2;1H3;/q;-2;;-1;+4. The molecular formula is C16H27OPt+. The third-order valence-corrected chi connectivity index (χ3v) is 1.99. The maximum atomic E-state index is 4.94. The van der Waals surface area contributed by atoms with Crippen LogP contribution in [0.15, 0.2) is 36.4 Å². The predicted octanol–water partition coefficient (Wildman–Crippen LogP) is 4.76. The van der Waals surface area contributed by atoms with Gasteiger partial charge in [0.05, 0.1) is 0 Å². The molecule has 0 aliphatic carbocycles. The molecule has 1 nitrogen and oxygen atoms in total. The van der Waals surface area contributed by atoms with Crippen molar-refractivity contribution >= 4 is 0 Å². The maximum Gasteiger partial charge on any atom is 4.00 e. The molecule has 106 valence electrons. The minimum absolute atomic E-state index is 0. The van der Waals surface area contributed by atoms with Gasteiger partial charge in [-0.15, -0.1) is 6.42 Å². The van der Waals surface area contributed by atoms with Crippen LogP contribution in [0.5, 0.6) is 0 Å². The second-order valence-electron chi connectivity index (χ2n) is 3.53. The molecule has 1 heterocycles. The Morgan fingerprint density at radius 1 is 0.778 bits per heavy atom. The van der Waals surface area contributed by atoms with Crippen LogP contribution in [0.1, 0.15) is 32.1 Å². The molecular weight excluding hydrogens is 403 g/mol. The minimum Gasteiger partial charge on any atom is -0.381 e. The minimum atomic E-state index is 0. The van der Waals surface area contributed by atoms with Crippen LogP contribution in [0.25, 0.3) is 0 Å². The quantitative estimate of drug-likeness (QED) is 0.615. The molecule has 0 radical (unpaired) electrons. The van der Waals surface area contributed by atoms with Gasteiger partial charge >= 0.3 is 21.1 Å². The second-order valence-corrected chi connectivity index (χ2v) is 3.53. The van der Waals surface area contributed by atoms with Crippen LogP contribution in [0.3, 0.4) is 0 Å². The van der Waals surface area contributed by atoms with E-state index in [0.717, 1.165) is 26.1 Å². The van der Waals surface area contributed by atoms with E-state index < -0.39 is 0 Å². The second kappa shape index (κ2) is 22.1. The Labute approximate surface area is 129 Å². The summed E-state index contributed by atoms with van der Waals surface area (Å²) in [5, 5.41) is 0. The van der Waals surface area contributed by atoms with Gasteiger partial charge in [0, 0.05) is 13.2 Å². The Bertz CT molecular complexity index is 161. The van der Waals surface area contributed by atoms with Gasteiger partial charge in [-0.3, -0.25) is 0 Å². The van der Waals surface area contributed by atoms with Crippen LogP contribution in [-0.4, -0.2) is 13.2 Å². The Morgan fingerprint density at radius 3 is 1.22 bits per heavy atom. The summed E-state index contributed by atoms with van der Waals surface area (Å²) in [7, 11) is 0. The zero-order chi connectivity index (χ0) is 11.9. The van der Waals surface area contributed by atoms with E-state index in [4.69, 9.17) is 4.74 Å². The molecule has 0 saturated carbocycles. The fourth-order valence-electron chi connectivity index (χ4n) is 1.07. The first kappa shape index (κ1) is 23.0. The molecule has 0 N–H and O–H groups in total. The maximum absolute atomic E-state index is 4.94. The van der Waals surface area contributed by atoms with Gasteiger partial charge in [-0.2, -0.15) is 12.8 Å². The number of hydrogen-bond donors (Lipinski definition) is 0. The van der Waals surface area contributed by atoms with E-state index in [1.165, 1.54) is 19.3 Å². The van der Waals surface area contributed by atoms with Crippen molar-refractivity contribution in [3.8, 4) is 0 Å². The predicted molar refractivity (Wildman–Crippen MR) is 77.5 cm³/mol. The number of hydrogen-bond acceptors (Lipinski definition) is 1. The number of ether oxygens (including phenoxy) is 1. The molecule has 1 aromatic rings. The van der Waals surface area contributed by atoms with Crippen molar-refractivity contribution in [2.45, 2.75) is 32.1 Å². The van der Waals surface area contributed by atoms with Gasteiger partial charge in [-0.05, 0) is 12.8 Å². The molecule has 0 atom stereocenters. The van der Waals surface area contributed by atoms with E-state index in [1.54, 1.807) is 0 Å². The van der Waals surface area contributed by atoms with Gasteiger partial charge < -0.3 is 26.0 Å². The SMILES string of the molecule is C1CCOC1.[CH2-]CCC[CH2-].[CH3-].[Pt+4].c1ccccc1. The van der Waals surface area contributed by atoms with E-state index >= 15 is 0 Å². The molecule has 1 aliphatic rings. The van der Waals surface area contributed by atoms with Gasteiger partial charge in [0.1, 0.15) is 0 Å². The monoisotopic (exact) mass is 430 g/mol. The van der Waals surface area contributed by atoms with Crippen LogP contribution < -0.4 is 0 Å². The smallest absolute Gasteiger partial charge is 0.381 e. The van der Waals surface area contributed by atoms with Crippen LogP contribution in [0, 0.1) is 21.3 Å². The van der Waals surface area contributed by atoms with Crippen LogP contribution in [0.4, 0.5) is 0 Å². The Morgan fingerprint density at radius 2 is 1.11 bits per heavy atom. The zero-order valence-corrected chi connectivity index (χ0v) is 13.8. The summed E-state index contributed by atoms with van der Waals surface area (Å²) in [5.41, 5.74) is 0. The van der Waals surface area contributed by atoms with Crippen molar-refractivity contribution in [2.24, 2.45) is 0 Å². The van der Waals surface area contributed by atoms with Crippen LogP contribution >= 0.6 is 0 Å². The van der Waals surface area contributed by atoms with Crippen molar-refractivity contribution in [1.29, 1.82) is 0 Å². The molecule has 0 aromatic heterocycles. The molecule has 0 bridgehead atoms. The molecule has 1 aliphatic heterocycles. The summed E-state index contributed by atoms with van der Waals surface area (Å²) in [6.45, 7) is 9.27. The number of benzene rings is 1. The first-order valence-electron chi connectivity index (χ1n) is 6.08. The van der Waals surface area contributed by atoms with Gasteiger partial charge in [0.25, 0.3) is 0 Å². The van der Waals surface area contributed by atoms with Crippen LogP contribution in [0.2, 0.25) is 0 Å². The average Bonchev–Trinajstić information content (AvgIpc) is 2.92. The summed E-state index contributed by atoms with van der Waals surface area (Å²) >= 11 is 0. The summed E-state index contributed by atoms with van der Waals surface area (Å²) in [5.74, 6) is 0. The third kappa shape index (κ3) is 21.2. The van der Waals surface area contributed by atoms with E-state index in [2.05, 4.69) is 13.8 Å². The van der Waals surface area contributed by atoms with E-state index in [0.29, 0.717) is 0 Å². The van der Waals surface area contributed by atoms with E-state index in [1.807, 2.05) is 36.4 Å². The largest absolute Gasteiger partial charge is 4.00 e. The summed E-state index contributed by atoms with van der Waals surface area (Å²) in [6.07, 6.45) is 5.78. The van der Waals surface area contributed by atoms with Crippen LogP contribution in [-0.2, 0) is 25.8 Å². The molecule has 0 amide bonds. The van der Waals surface area contributed by atoms with Crippen molar-refractivity contribution in [3.63, 3.8) is 0 Å². The number of rotatable bonds is 2. The van der Waals surface area contributed by atoms with Crippen molar-refractivity contribution in [3.05, 3.63) is 57.7 Å². The van der Waals surface area contributed by atoms with E-state index in [9.17, 15) is 0 Å². The Hall–Kier alpha value is -0.132. The molecule has 0 unspecified atom stereocenters. The zero-order valence-electron chi connectivity index (χ0n) is 11.6. The molecule has 2 heteroatoms. The number of unbranched alkanes of at least 4 members (excludes halogenated alkanes) is 2. The fraction of sp³-hybridized carbons (Fsp3) is 0.438. The van der Waals surface area contributed by atoms with Crippen molar-refractivity contribution in [1.82, 2.24) is 0 Å². The Balaban J connectivity index is -0.000000179. The van der Waals surface area contributed by atoms with Gasteiger partial charge in [-0.25, -0.2) is 0 Å². The molecule has 1 aromatic carbocycles. The first-order chi connectivity index (χ1) is 7.91. The summed E-state index contributed by atoms with van der Waals surface area (Å²) in [4.78, 5) is 0. The first-order valence-corrected chi connectivity index (χ1v) is 6.08. The van der Waals surface area contributed by atoms with Crippen molar-refractivity contribution < 1.29 is 25.8 Å². The molecule has 0 spiro atoms. The average molecular weight is 430 g/mol. The molecule has 1 saturated heterocycles. The molecule has 18 heavy (non-hydrogen) atoms. The van der Waals surface area contributed by atoms with Gasteiger partial charge in [0.15, 0.2) is 0 Å². The van der Waals surface area contributed by atoms with Crippen molar-refractivity contribution in [2.75, 3.05) is 13.2 Å². The third-order valence-electron chi connectivity index (χ3n) is 1.99. The summed E-state index contributed by atoms with van der Waals surface area (Å²) < 4.78 is 4.94. The molecule has 2 rings (SSSR count). The van der Waals surface area contributed by atoms with Gasteiger partial charge in [-0.1, -0.05) is 36.4 Å². The van der Waals surface area contributed by atoms with E-state index in [-0.39, 0.29) is 28.5 Å². The fourth-order valence-corrected chi connectivity index (χ4v) is 1.07.